The fourth-order valence-electron chi connectivity index (χ4n) is 1.31. The minimum Gasteiger partial charge on any atom is -0.453 e. The van der Waals surface area contributed by atoms with Crippen LogP contribution in [0.1, 0.15) is 32.6 Å². The molecule has 0 aromatic carbocycles. The van der Waals surface area contributed by atoms with Gasteiger partial charge in [-0.15, -0.1) is 0 Å². The Morgan fingerprint density at radius 3 is 2.75 bits per heavy atom. The van der Waals surface area contributed by atoms with E-state index in [1.54, 1.807) is 0 Å². The van der Waals surface area contributed by atoms with Crippen molar-refractivity contribution >= 4 is 6.09 Å². The van der Waals surface area contributed by atoms with Gasteiger partial charge in [0.05, 0.1) is 7.11 Å². The van der Waals surface area contributed by atoms with Crippen molar-refractivity contribution in [1.29, 1.82) is 0 Å². The maximum absolute atomic E-state index is 10.8. The van der Waals surface area contributed by atoms with Gasteiger partial charge < -0.3 is 10.1 Å². The summed E-state index contributed by atoms with van der Waals surface area (Å²) in [5.41, 5.74) is 0. The number of carbonyl (C=O) groups is 1. The molecule has 0 aromatic heterocycles. The first kappa shape index (κ1) is 9.36. The summed E-state index contributed by atoms with van der Waals surface area (Å²) < 4.78 is 4.53. The van der Waals surface area contributed by atoms with Crippen molar-refractivity contribution in [3.63, 3.8) is 0 Å². The van der Waals surface area contributed by atoms with E-state index in [2.05, 4.69) is 17.0 Å². The van der Waals surface area contributed by atoms with Gasteiger partial charge in [-0.1, -0.05) is 19.8 Å². The molecule has 3 heteroatoms. The molecule has 1 aliphatic carbocycles. The molecule has 1 unspecified atom stereocenters. The van der Waals surface area contributed by atoms with E-state index in [9.17, 15) is 4.79 Å². The van der Waals surface area contributed by atoms with Crippen molar-refractivity contribution in [2.45, 2.75) is 38.6 Å². The Balaban J connectivity index is 2.18. The molecule has 1 amide bonds. The number of alkyl carbamates (subject to hydrolysis) is 1. The average Bonchev–Trinajstić information content (AvgIpc) is 2.86. The first-order valence-electron chi connectivity index (χ1n) is 4.60. The molecule has 3 nitrogen and oxygen atoms in total. The van der Waals surface area contributed by atoms with E-state index in [0.29, 0.717) is 6.04 Å². The predicted molar refractivity (Wildman–Crippen MR) is 47.0 cm³/mol. The summed E-state index contributed by atoms with van der Waals surface area (Å²) in [6.07, 6.45) is 4.47. The van der Waals surface area contributed by atoms with E-state index < -0.39 is 0 Å². The van der Waals surface area contributed by atoms with Crippen LogP contribution in [0.25, 0.3) is 0 Å². The fraction of sp³-hybridized carbons (Fsp3) is 0.889. The number of ether oxygens (including phenoxy) is 1. The molecule has 1 saturated carbocycles. The first-order valence-corrected chi connectivity index (χ1v) is 4.60. The Kier molecular flexibility index (Phi) is 3.38. The number of hydrogen-bond acceptors (Lipinski definition) is 2. The van der Waals surface area contributed by atoms with Crippen LogP contribution >= 0.6 is 0 Å². The van der Waals surface area contributed by atoms with Crippen molar-refractivity contribution in [2.24, 2.45) is 5.92 Å². The quantitative estimate of drug-likeness (QED) is 0.701. The van der Waals surface area contributed by atoms with Crippen molar-refractivity contribution < 1.29 is 9.53 Å². The van der Waals surface area contributed by atoms with Crippen LogP contribution in [0.2, 0.25) is 0 Å². The van der Waals surface area contributed by atoms with Gasteiger partial charge >= 0.3 is 6.09 Å². The first-order chi connectivity index (χ1) is 5.76. The molecule has 1 N–H and O–H groups in total. The van der Waals surface area contributed by atoms with Crippen LogP contribution in [0.4, 0.5) is 4.79 Å². The lowest BCUT2D eigenvalue weighted by molar-refractivity contribution is 0.165. The number of hydrogen-bond donors (Lipinski definition) is 1. The van der Waals surface area contributed by atoms with Crippen LogP contribution in [0.15, 0.2) is 0 Å². The largest absolute Gasteiger partial charge is 0.453 e. The van der Waals surface area contributed by atoms with Gasteiger partial charge in [0.1, 0.15) is 0 Å². The number of nitrogens with one attached hydrogen (secondary N) is 1. The summed E-state index contributed by atoms with van der Waals surface area (Å²) in [5, 5.41) is 2.83. The van der Waals surface area contributed by atoms with E-state index in [-0.39, 0.29) is 6.09 Å². The number of carbonyl (C=O) groups excluding carboxylic acids is 1. The highest BCUT2D eigenvalue weighted by atomic mass is 16.5. The molecule has 0 aliphatic heterocycles. The topological polar surface area (TPSA) is 38.3 Å². The van der Waals surface area contributed by atoms with E-state index in [1.165, 1.54) is 20.0 Å². The van der Waals surface area contributed by atoms with Crippen LogP contribution in [-0.4, -0.2) is 19.2 Å². The van der Waals surface area contributed by atoms with Crippen molar-refractivity contribution in [1.82, 2.24) is 5.32 Å². The molecular weight excluding hydrogens is 154 g/mol. The summed E-state index contributed by atoms with van der Waals surface area (Å²) in [5.74, 6) is 0.854. The molecule has 0 radical (unpaired) electrons. The Morgan fingerprint density at radius 2 is 2.33 bits per heavy atom. The van der Waals surface area contributed by atoms with Gasteiger partial charge in [0.2, 0.25) is 0 Å². The number of rotatable bonds is 4. The lowest BCUT2D eigenvalue weighted by atomic mass is 10.1. The average molecular weight is 171 g/mol. The summed E-state index contributed by atoms with van der Waals surface area (Å²) in [7, 11) is 1.40. The van der Waals surface area contributed by atoms with Gasteiger partial charge in [0.25, 0.3) is 0 Å². The summed E-state index contributed by atoms with van der Waals surface area (Å²) in [6.45, 7) is 2.09. The fourth-order valence-corrected chi connectivity index (χ4v) is 1.31. The van der Waals surface area contributed by atoms with E-state index in [0.717, 1.165) is 18.8 Å². The minimum absolute atomic E-state index is 0.303. The third-order valence-corrected chi connectivity index (χ3v) is 2.31. The van der Waals surface area contributed by atoms with Gasteiger partial charge in [-0.05, 0) is 18.8 Å². The molecule has 1 rings (SSSR count). The van der Waals surface area contributed by atoms with Crippen LogP contribution in [0, 0.1) is 5.92 Å². The van der Waals surface area contributed by atoms with E-state index >= 15 is 0 Å². The molecule has 12 heavy (non-hydrogen) atoms. The Labute approximate surface area is 73.5 Å². The molecule has 0 bridgehead atoms. The highest BCUT2D eigenvalue weighted by molar-refractivity contribution is 5.67. The molecule has 0 spiro atoms. The van der Waals surface area contributed by atoms with Crippen molar-refractivity contribution in [3.05, 3.63) is 0 Å². The molecule has 70 valence electrons. The summed E-state index contributed by atoms with van der Waals surface area (Å²) in [4.78, 5) is 10.8. The second-order valence-corrected chi connectivity index (χ2v) is 3.42. The summed E-state index contributed by atoms with van der Waals surface area (Å²) >= 11 is 0. The van der Waals surface area contributed by atoms with Crippen LogP contribution in [-0.2, 0) is 4.74 Å². The zero-order chi connectivity index (χ0) is 8.97. The maximum atomic E-state index is 10.8. The Bertz CT molecular complexity index is 155. The van der Waals surface area contributed by atoms with E-state index in [1.807, 2.05) is 0 Å². The lowest BCUT2D eigenvalue weighted by Crippen LogP contribution is -2.34. The van der Waals surface area contributed by atoms with Crippen LogP contribution in [0.3, 0.4) is 0 Å². The zero-order valence-electron chi connectivity index (χ0n) is 7.80. The monoisotopic (exact) mass is 171 g/mol. The van der Waals surface area contributed by atoms with Crippen LogP contribution in [0.5, 0.6) is 0 Å². The Hall–Kier alpha value is -0.730. The van der Waals surface area contributed by atoms with Crippen molar-refractivity contribution in [2.75, 3.05) is 7.11 Å². The molecule has 0 aromatic rings. The molecule has 0 saturated heterocycles. The van der Waals surface area contributed by atoms with Crippen molar-refractivity contribution in [3.8, 4) is 0 Å². The van der Waals surface area contributed by atoms with Gasteiger partial charge in [0.15, 0.2) is 0 Å². The van der Waals surface area contributed by atoms with Gasteiger partial charge in [-0.3, -0.25) is 0 Å². The second-order valence-electron chi connectivity index (χ2n) is 3.42. The highest BCUT2D eigenvalue weighted by Gasteiger charge is 2.25. The van der Waals surface area contributed by atoms with Gasteiger partial charge in [-0.25, -0.2) is 4.79 Å². The minimum atomic E-state index is -0.303. The van der Waals surface area contributed by atoms with Gasteiger partial charge in [0, 0.05) is 6.04 Å². The highest BCUT2D eigenvalue weighted by Crippen LogP contribution is 2.33. The Morgan fingerprint density at radius 1 is 1.67 bits per heavy atom. The normalized spacial score (nSPS) is 18.5. The third kappa shape index (κ3) is 3.11. The maximum Gasteiger partial charge on any atom is 0.407 e. The lowest BCUT2D eigenvalue weighted by Gasteiger charge is -2.14. The van der Waals surface area contributed by atoms with Crippen LogP contribution < -0.4 is 5.32 Å². The standard InChI is InChI=1S/C9H17NO2/c1-3-8(6-7-4-5-7)10-9(11)12-2/h7-8H,3-6H2,1-2H3,(H,10,11). The number of methoxy groups -OCH3 is 1. The molecule has 1 aliphatic rings. The third-order valence-electron chi connectivity index (χ3n) is 2.31. The summed E-state index contributed by atoms with van der Waals surface area (Å²) in [6, 6.07) is 0.310. The number of amides is 1. The second kappa shape index (κ2) is 4.33. The predicted octanol–water partition coefficient (Wildman–Crippen LogP) is 1.92. The zero-order valence-corrected chi connectivity index (χ0v) is 7.80. The molecular formula is C9H17NO2. The van der Waals surface area contributed by atoms with Gasteiger partial charge in [-0.2, -0.15) is 0 Å². The van der Waals surface area contributed by atoms with E-state index in [4.69, 9.17) is 0 Å². The smallest absolute Gasteiger partial charge is 0.407 e. The molecule has 0 heterocycles. The SMILES string of the molecule is CCC(CC1CC1)NC(=O)OC. The molecule has 1 atom stereocenters. The molecule has 1 fully saturated rings.